The van der Waals surface area contributed by atoms with E-state index < -0.39 is 0 Å². The normalized spacial score (nSPS) is 10.7. The predicted molar refractivity (Wildman–Crippen MR) is 124 cm³/mol. The highest BCUT2D eigenvalue weighted by molar-refractivity contribution is 5.75. The Balaban J connectivity index is 1.43. The van der Waals surface area contributed by atoms with Crippen molar-refractivity contribution in [3.05, 3.63) is 66.1 Å². The standard InChI is InChI=1S/C25H31N3O3/c1-4-28(21-11-6-5-7-12-21)17-16-26-24(29)15-9-14-23-19(2)31-25(27-23)20-10-8-13-22(18-20)30-3/h5-8,10-13,18H,4,9,14-17H2,1-3H3,(H,26,29). The second-order valence-corrected chi connectivity index (χ2v) is 7.37. The number of carbonyl (C=O) groups excluding carboxylic acids is 1. The van der Waals surface area contributed by atoms with Gasteiger partial charge in [-0.15, -0.1) is 0 Å². The van der Waals surface area contributed by atoms with E-state index in [1.165, 1.54) is 5.69 Å². The number of benzene rings is 2. The Kier molecular flexibility index (Phi) is 8.10. The van der Waals surface area contributed by atoms with Crippen LogP contribution in [0.4, 0.5) is 5.69 Å². The topological polar surface area (TPSA) is 67.6 Å². The van der Waals surface area contributed by atoms with Crippen LogP contribution < -0.4 is 15.0 Å². The van der Waals surface area contributed by atoms with Gasteiger partial charge >= 0.3 is 0 Å². The van der Waals surface area contributed by atoms with Crippen LogP contribution in [0.5, 0.6) is 5.75 Å². The van der Waals surface area contributed by atoms with Gasteiger partial charge in [-0.1, -0.05) is 24.3 Å². The smallest absolute Gasteiger partial charge is 0.226 e. The average Bonchev–Trinajstić information content (AvgIpc) is 3.18. The molecule has 6 heteroatoms. The third-order valence-corrected chi connectivity index (χ3v) is 5.23. The lowest BCUT2D eigenvalue weighted by atomic mass is 10.1. The van der Waals surface area contributed by atoms with Crippen molar-refractivity contribution in [2.24, 2.45) is 0 Å². The van der Waals surface area contributed by atoms with Crippen molar-refractivity contribution in [3.8, 4) is 17.2 Å². The molecule has 3 rings (SSSR count). The molecule has 0 radical (unpaired) electrons. The van der Waals surface area contributed by atoms with Crippen molar-refractivity contribution in [3.63, 3.8) is 0 Å². The first-order chi connectivity index (χ1) is 15.1. The van der Waals surface area contributed by atoms with Crippen molar-refractivity contribution >= 4 is 11.6 Å². The number of amides is 1. The maximum Gasteiger partial charge on any atom is 0.226 e. The van der Waals surface area contributed by atoms with E-state index in [0.717, 1.165) is 42.3 Å². The summed E-state index contributed by atoms with van der Waals surface area (Å²) in [5.74, 6) is 2.20. The zero-order valence-electron chi connectivity index (χ0n) is 18.6. The Labute approximate surface area is 184 Å². The summed E-state index contributed by atoms with van der Waals surface area (Å²) in [6, 6.07) is 17.9. The summed E-state index contributed by atoms with van der Waals surface area (Å²) >= 11 is 0. The number of anilines is 1. The fourth-order valence-corrected chi connectivity index (χ4v) is 3.48. The molecule has 0 spiro atoms. The van der Waals surface area contributed by atoms with Gasteiger partial charge in [0.1, 0.15) is 11.5 Å². The van der Waals surface area contributed by atoms with Crippen LogP contribution in [-0.2, 0) is 11.2 Å². The molecule has 2 aromatic carbocycles. The van der Waals surface area contributed by atoms with Gasteiger partial charge in [-0.25, -0.2) is 4.98 Å². The molecule has 3 aromatic rings. The van der Waals surface area contributed by atoms with E-state index in [2.05, 4.69) is 34.3 Å². The number of methoxy groups -OCH3 is 1. The van der Waals surface area contributed by atoms with E-state index in [9.17, 15) is 4.79 Å². The molecule has 1 N–H and O–H groups in total. The van der Waals surface area contributed by atoms with Gasteiger partial charge in [-0.2, -0.15) is 0 Å². The first kappa shape index (κ1) is 22.4. The van der Waals surface area contributed by atoms with E-state index in [-0.39, 0.29) is 5.91 Å². The lowest BCUT2D eigenvalue weighted by Crippen LogP contribution is -2.34. The number of carbonyl (C=O) groups is 1. The number of nitrogens with one attached hydrogen (secondary N) is 1. The molecule has 0 aliphatic heterocycles. The van der Waals surface area contributed by atoms with Crippen LogP contribution in [0.15, 0.2) is 59.0 Å². The van der Waals surface area contributed by atoms with Crippen molar-refractivity contribution in [1.29, 1.82) is 0 Å². The maximum absolute atomic E-state index is 12.2. The molecule has 0 aliphatic carbocycles. The summed E-state index contributed by atoms with van der Waals surface area (Å²) < 4.78 is 11.1. The minimum atomic E-state index is 0.0679. The first-order valence-corrected chi connectivity index (χ1v) is 10.8. The Morgan fingerprint density at radius 2 is 1.97 bits per heavy atom. The summed E-state index contributed by atoms with van der Waals surface area (Å²) in [6.45, 7) is 6.36. The molecule has 1 aromatic heterocycles. The average molecular weight is 422 g/mol. The molecule has 0 atom stereocenters. The third kappa shape index (κ3) is 6.35. The molecule has 1 amide bonds. The van der Waals surface area contributed by atoms with Crippen LogP contribution >= 0.6 is 0 Å². The molecular weight excluding hydrogens is 390 g/mol. The molecule has 0 saturated heterocycles. The van der Waals surface area contributed by atoms with Gasteiger partial charge in [0.15, 0.2) is 0 Å². The largest absolute Gasteiger partial charge is 0.497 e. The summed E-state index contributed by atoms with van der Waals surface area (Å²) in [7, 11) is 1.64. The minimum absolute atomic E-state index is 0.0679. The fraction of sp³-hybridized carbons (Fsp3) is 0.360. The van der Waals surface area contributed by atoms with E-state index in [0.29, 0.717) is 25.3 Å². The van der Waals surface area contributed by atoms with Crippen LogP contribution in [0.25, 0.3) is 11.5 Å². The summed E-state index contributed by atoms with van der Waals surface area (Å²) in [5.41, 5.74) is 2.95. The Bertz CT molecular complexity index is 969. The SMILES string of the molecule is CCN(CCNC(=O)CCCc1nc(-c2cccc(OC)c2)oc1C)c1ccccc1. The number of nitrogens with zero attached hydrogens (tertiary/aromatic N) is 2. The summed E-state index contributed by atoms with van der Waals surface area (Å²) in [6.07, 6.45) is 1.91. The molecule has 0 bridgehead atoms. The minimum Gasteiger partial charge on any atom is -0.497 e. The Morgan fingerprint density at radius 3 is 2.71 bits per heavy atom. The van der Waals surface area contributed by atoms with Crippen LogP contribution in [0.2, 0.25) is 0 Å². The quantitative estimate of drug-likeness (QED) is 0.489. The van der Waals surface area contributed by atoms with Crippen LogP contribution in [-0.4, -0.2) is 37.6 Å². The van der Waals surface area contributed by atoms with E-state index >= 15 is 0 Å². The molecule has 6 nitrogen and oxygen atoms in total. The van der Waals surface area contributed by atoms with Crippen molar-refractivity contribution in [2.75, 3.05) is 31.6 Å². The summed E-state index contributed by atoms with van der Waals surface area (Å²) in [4.78, 5) is 19.1. The third-order valence-electron chi connectivity index (χ3n) is 5.23. The molecule has 31 heavy (non-hydrogen) atoms. The Morgan fingerprint density at radius 1 is 1.16 bits per heavy atom. The van der Waals surface area contributed by atoms with Crippen LogP contribution in [0, 0.1) is 6.92 Å². The van der Waals surface area contributed by atoms with Gasteiger partial charge in [-0.05, 0) is 57.0 Å². The fourth-order valence-electron chi connectivity index (χ4n) is 3.48. The molecule has 0 aliphatic rings. The van der Waals surface area contributed by atoms with Crippen molar-refractivity contribution in [1.82, 2.24) is 10.3 Å². The predicted octanol–water partition coefficient (Wildman–Crippen LogP) is 4.62. The molecular formula is C25H31N3O3. The molecule has 0 saturated carbocycles. The van der Waals surface area contributed by atoms with Crippen molar-refractivity contribution < 1.29 is 13.9 Å². The number of oxazole rings is 1. The number of para-hydroxylation sites is 1. The molecule has 0 unspecified atom stereocenters. The van der Waals surface area contributed by atoms with Gasteiger partial charge in [0.25, 0.3) is 0 Å². The van der Waals surface area contributed by atoms with Gasteiger partial charge < -0.3 is 19.4 Å². The van der Waals surface area contributed by atoms with E-state index in [1.54, 1.807) is 7.11 Å². The summed E-state index contributed by atoms with van der Waals surface area (Å²) in [5, 5.41) is 3.02. The zero-order chi connectivity index (χ0) is 22.1. The van der Waals surface area contributed by atoms with Gasteiger partial charge in [0.05, 0.1) is 12.8 Å². The first-order valence-electron chi connectivity index (χ1n) is 10.8. The number of ether oxygens (including phenoxy) is 1. The van der Waals surface area contributed by atoms with Gasteiger partial charge in [0, 0.05) is 37.3 Å². The van der Waals surface area contributed by atoms with Crippen molar-refractivity contribution in [2.45, 2.75) is 33.1 Å². The lowest BCUT2D eigenvalue weighted by molar-refractivity contribution is -0.121. The van der Waals surface area contributed by atoms with Crippen LogP contribution in [0.1, 0.15) is 31.2 Å². The van der Waals surface area contributed by atoms with E-state index in [1.807, 2.05) is 49.4 Å². The molecule has 1 heterocycles. The van der Waals surface area contributed by atoms with Gasteiger partial charge in [-0.3, -0.25) is 4.79 Å². The molecule has 0 fully saturated rings. The van der Waals surface area contributed by atoms with E-state index in [4.69, 9.17) is 9.15 Å². The zero-order valence-corrected chi connectivity index (χ0v) is 18.6. The Hall–Kier alpha value is -3.28. The highest BCUT2D eigenvalue weighted by Crippen LogP contribution is 2.25. The van der Waals surface area contributed by atoms with Crippen LogP contribution in [0.3, 0.4) is 0 Å². The lowest BCUT2D eigenvalue weighted by Gasteiger charge is -2.23. The highest BCUT2D eigenvalue weighted by Gasteiger charge is 2.13. The number of hydrogen-bond donors (Lipinski definition) is 1. The monoisotopic (exact) mass is 421 g/mol. The number of rotatable bonds is 11. The molecule has 164 valence electrons. The highest BCUT2D eigenvalue weighted by atomic mass is 16.5. The second-order valence-electron chi connectivity index (χ2n) is 7.37. The number of likely N-dealkylation sites (N-methyl/N-ethyl adjacent to an activating group) is 1. The van der Waals surface area contributed by atoms with Gasteiger partial charge in [0.2, 0.25) is 11.8 Å². The maximum atomic E-state index is 12.2. The second kappa shape index (κ2) is 11.2. The number of hydrogen-bond acceptors (Lipinski definition) is 5. The number of aryl methyl sites for hydroxylation is 2. The number of aromatic nitrogens is 1.